The molecule has 16 aromatic carbocycles. The Morgan fingerprint density at radius 2 is 0.526 bits per heavy atom. The van der Waals surface area contributed by atoms with E-state index in [2.05, 4.69) is 410 Å². The fourth-order valence-electron chi connectivity index (χ4n) is 18.2. The van der Waals surface area contributed by atoms with Gasteiger partial charge in [0, 0.05) is 71.5 Å². The van der Waals surface area contributed by atoms with Gasteiger partial charge in [0.25, 0.3) is 0 Å². The molecule has 2 aliphatic carbocycles. The minimum atomic E-state index is -5.80. The molecular weight excluding hydrogens is 2050 g/mol. The van der Waals surface area contributed by atoms with Crippen LogP contribution in [0.1, 0.15) is 77.2 Å². The second-order valence-electron chi connectivity index (χ2n) is 32.6. The van der Waals surface area contributed by atoms with Gasteiger partial charge in [-0.1, -0.05) is 453 Å². The van der Waals surface area contributed by atoms with E-state index in [0.29, 0.717) is 41.8 Å². The Labute approximate surface area is 857 Å². The average Bonchev–Trinajstić information content (AvgIpc) is 1.67. The number of nitrogens with one attached hydrogen (secondary N) is 2. The van der Waals surface area contributed by atoms with Crippen LogP contribution in [0.2, 0.25) is 20.1 Å². The molecule has 4 fully saturated rings. The predicted molar refractivity (Wildman–Crippen MR) is 568 cm³/mol. The summed E-state index contributed by atoms with van der Waals surface area (Å²) in [5.74, 6) is 0.371. The first-order valence-electron chi connectivity index (χ1n) is 44.5. The number of carbonyl (C=O) groups is 2. The number of halogens is 8. The van der Waals surface area contributed by atoms with Crippen molar-refractivity contribution in [2.24, 2.45) is 23.7 Å². The maximum Gasteiger partial charge on any atom is 0 e. The molecule has 0 unspecified atom stereocenters. The van der Waals surface area contributed by atoms with Crippen molar-refractivity contribution >= 4 is 173 Å². The second kappa shape index (κ2) is 53.2. The molecule has 2 saturated carbocycles. The minimum absolute atomic E-state index is 0. The largest absolute Gasteiger partial charge is 0.0622 e. The van der Waals surface area contributed by atoms with Gasteiger partial charge in [-0.3, -0.25) is 9.59 Å². The average molecular weight is 2150 g/mol. The maximum atomic E-state index is 12.6. The van der Waals surface area contributed by atoms with E-state index in [-0.39, 0.29) is 80.2 Å². The van der Waals surface area contributed by atoms with E-state index in [4.69, 9.17) is 56.1 Å². The van der Waals surface area contributed by atoms with Crippen LogP contribution >= 0.6 is 87.8 Å². The van der Waals surface area contributed by atoms with Gasteiger partial charge in [-0.2, -0.15) is 21.6 Å². The van der Waals surface area contributed by atoms with Crippen molar-refractivity contribution in [3.8, 4) is 5.75 Å². The van der Waals surface area contributed by atoms with Crippen molar-refractivity contribution in [3.63, 3.8) is 0 Å². The smallest absolute Gasteiger partial charge is 0 e. The van der Waals surface area contributed by atoms with Crippen molar-refractivity contribution in [2.75, 3.05) is 13.1 Å². The molecule has 137 heavy (non-hydrogen) atoms. The van der Waals surface area contributed by atoms with Gasteiger partial charge >= 0.3 is 42.6 Å². The first kappa shape index (κ1) is 106. The number of rotatable bonds is 18. The first-order chi connectivity index (χ1) is 65.8. The monoisotopic (exact) mass is 2150 g/mol. The topological polar surface area (TPSA) is 102 Å². The number of hydrogen-bond donors (Lipinski definition) is 2. The molecule has 8 atom stereocenters. The van der Waals surface area contributed by atoms with E-state index in [1.165, 1.54) is 86.4 Å². The van der Waals surface area contributed by atoms with Crippen LogP contribution in [-0.2, 0) is 57.4 Å². The Balaban J connectivity index is 0.000000148. The number of aryl methyl sites for hydroxylation is 1. The Kier molecular flexibility index (Phi) is 41.3. The van der Waals surface area contributed by atoms with Crippen molar-refractivity contribution < 1.29 is 73.1 Å². The van der Waals surface area contributed by atoms with Gasteiger partial charge in [0.2, 0.25) is 11.8 Å². The summed E-state index contributed by atoms with van der Waals surface area (Å²) in [6, 6.07) is 155. The zero-order valence-corrected chi connectivity index (χ0v) is 88.1. The fourth-order valence-corrected chi connectivity index (χ4v) is 28.8. The molecule has 2 aliphatic heterocycles. The maximum absolute atomic E-state index is 12.6. The van der Waals surface area contributed by atoms with E-state index in [0.717, 1.165) is 64.4 Å². The number of fused-ring (bicyclic) bond motifs is 2. The van der Waals surface area contributed by atoms with Crippen LogP contribution < -0.4 is 78.5 Å². The molecule has 20 rings (SSSR count). The molecule has 22 heteroatoms. The van der Waals surface area contributed by atoms with Crippen LogP contribution in [0.4, 0.5) is 13.2 Å². The van der Waals surface area contributed by atoms with Crippen molar-refractivity contribution in [2.45, 2.75) is 61.8 Å². The molecule has 0 aromatic heterocycles. The van der Waals surface area contributed by atoms with Gasteiger partial charge in [-0.05, 0) is 228 Å². The number of alkyl halides is 3. The summed E-state index contributed by atoms with van der Waals surface area (Å²) >= 11 is 26.0. The summed E-state index contributed by atoms with van der Waals surface area (Å²) < 4.78 is 64.7. The summed E-state index contributed by atoms with van der Waals surface area (Å²) in [5, 5.41) is 25.0. The Morgan fingerprint density at radius 1 is 0.314 bits per heavy atom. The molecule has 2 amide bonds. The van der Waals surface area contributed by atoms with Gasteiger partial charge in [-0.25, -0.2) is 0 Å². The quantitative estimate of drug-likeness (QED) is 0.0293. The van der Waals surface area contributed by atoms with E-state index < -0.39 is 53.1 Å². The molecule has 2 heterocycles. The molecule has 16 aromatic rings. The standard InChI is InChI=1S/C21H18Cl2F3NO4S.C21H21Cl2NO.4C18H15P.CH3.ClH.Pd.Zn/c22-12-3-1-11(2-4-12)19-15(7-8-16-17(19)10-27-20(16)28)14-6-5-13(9-18(14)23)31-32(29,30)21(24,25)26;1-12-2-7-15(19(23)10-12)16-8-9-17-18(11-24-21(17)25)20(16)13-3-5-14(22)6-4-13;4*1-4-10-16(11-5-1)19(17-12-6-2-7-13-17)18-14-8-3-9-15-18;;;;/h1-6,9,15-17,19H,7-8,10H2,(H,27,28);2-7,10,16-18,20H,8-9,11H2,1H3,(H,24,25);4*1-15H;1H3;1H;;/q;;;;;;-1;;;+2/p-1/t15-,16+,17+,19-;16-,17+,18+,20-;;;;;;;;/m00......../s1. The van der Waals surface area contributed by atoms with E-state index >= 15 is 0 Å². The summed E-state index contributed by atoms with van der Waals surface area (Å²) in [6.07, 6.45) is 3.17. The molecule has 696 valence electrons. The number of amides is 2. The summed E-state index contributed by atoms with van der Waals surface area (Å²) in [4.78, 5) is 24.5. The van der Waals surface area contributed by atoms with Gasteiger partial charge in [0.05, 0.1) is 0 Å². The van der Waals surface area contributed by atoms with Gasteiger partial charge < -0.3 is 22.2 Å². The third-order valence-electron chi connectivity index (χ3n) is 24.2. The van der Waals surface area contributed by atoms with Crippen molar-refractivity contribution in [3.05, 3.63) is 504 Å². The third kappa shape index (κ3) is 28.4. The van der Waals surface area contributed by atoms with E-state index in [1.807, 2.05) is 30.3 Å². The van der Waals surface area contributed by atoms with Crippen LogP contribution in [0.15, 0.2) is 449 Å². The second-order valence-corrected chi connectivity index (χ2v) is 44.7. The Hall–Kier alpha value is -9.54. The molecular formula is C115H102Cl5F3N2O5P4PdSZn. The predicted octanol–water partition coefficient (Wildman–Crippen LogP) is 25.5. The van der Waals surface area contributed by atoms with Crippen LogP contribution in [-0.4, -0.2) is 38.8 Å². The molecule has 2 saturated heterocycles. The third-order valence-corrected chi connectivity index (χ3v) is 36.1. The van der Waals surface area contributed by atoms with Gasteiger partial charge in [0.15, 0.2) is 0 Å². The van der Waals surface area contributed by atoms with Crippen LogP contribution in [0, 0.1) is 38.0 Å². The zero-order valence-electron chi connectivity index (χ0n) is 75.4. The molecule has 0 bridgehead atoms. The zero-order chi connectivity index (χ0) is 94.5. The number of benzene rings is 16. The van der Waals surface area contributed by atoms with Crippen molar-refractivity contribution in [1.82, 2.24) is 10.6 Å². The SMILES string of the molecule is Cc1ccc([C@@H]2CC[C@H]3C(=O)NC[C@H]3[C@H]2c2ccc(Cl)cc2)c(Cl)c1.O=C1NC[C@H]2[C@@H](c3ccc(Cl)cc3)[C@H](c3ccc(OS(=O)(=O)C(F)(F)F)cc3Cl)CC[C@@H]12.[CH3-].[Cl][Zn+].[Pd].c1ccc(P(c2ccccc2)c2ccccc2)cc1.c1ccc(P(c2ccccc2)c2ccccc2)cc1.c1ccc(P(c2ccccc2)c2ccccc2)cc1.c1ccc(P(c2ccccc2)c2ccccc2)cc1. The summed E-state index contributed by atoms with van der Waals surface area (Å²) in [6.45, 7) is 3.31. The molecule has 0 radical (unpaired) electrons. The normalized spacial score (nSPS) is 17.2. The van der Waals surface area contributed by atoms with Crippen LogP contribution in [0.25, 0.3) is 0 Å². The fraction of sp³-hybridized carbons (Fsp3) is 0.139. The summed E-state index contributed by atoms with van der Waals surface area (Å²) in [7, 11) is -2.82. The molecule has 4 aliphatic rings. The van der Waals surface area contributed by atoms with Crippen LogP contribution in [0.3, 0.4) is 0 Å². The molecule has 0 spiro atoms. The van der Waals surface area contributed by atoms with Gasteiger partial charge in [0.1, 0.15) is 5.75 Å². The minimum Gasteiger partial charge on any atom is -0.0622 e. The van der Waals surface area contributed by atoms with Gasteiger partial charge in [-0.15, -0.1) is 0 Å². The van der Waals surface area contributed by atoms with E-state index in [1.54, 1.807) is 12.1 Å². The van der Waals surface area contributed by atoms with E-state index in [9.17, 15) is 31.2 Å². The Bertz CT molecular complexity index is 5640. The molecule has 2 N–H and O–H groups in total. The van der Waals surface area contributed by atoms with Crippen LogP contribution in [0.5, 0.6) is 5.75 Å². The first-order valence-corrected chi connectivity index (χ1v) is 56.7. The van der Waals surface area contributed by atoms with Crippen molar-refractivity contribution in [1.29, 1.82) is 0 Å². The molecule has 7 nitrogen and oxygen atoms in total. The number of hydrogen-bond acceptors (Lipinski definition) is 5. The number of carbonyl (C=O) groups excluding carboxylic acids is 2. The summed E-state index contributed by atoms with van der Waals surface area (Å²) in [5.41, 5.74) is -0.300. The Morgan fingerprint density at radius 3 is 0.737 bits per heavy atom.